The average molecular weight is 225 g/mol. The van der Waals surface area contributed by atoms with Crippen LogP contribution in [-0.2, 0) is 19.5 Å². The molecule has 0 bridgehead atoms. The van der Waals surface area contributed by atoms with Crippen molar-refractivity contribution in [3.63, 3.8) is 0 Å². The SMILES string of the molecule is OC1CCn2nc3c(c2SC1)CNCC3. The van der Waals surface area contributed by atoms with Gasteiger partial charge in [-0.1, -0.05) is 0 Å². The number of aryl methyl sites for hydroxylation is 1. The lowest BCUT2D eigenvalue weighted by Crippen LogP contribution is -2.23. The molecule has 0 spiro atoms. The Hall–Kier alpha value is -0.520. The number of aromatic nitrogens is 2. The lowest BCUT2D eigenvalue weighted by molar-refractivity contribution is 0.182. The lowest BCUT2D eigenvalue weighted by atomic mass is 10.1. The number of hydrogen-bond donors (Lipinski definition) is 2. The minimum absolute atomic E-state index is 0.177. The van der Waals surface area contributed by atoms with E-state index in [2.05, 4.69) is 15.1 Å². The third-order valence-electron chi connectivity index (χ3n) is 3.01. The summed E-state index contributed by atoms with van der Waals surface area (Å²) in [6.07, 6.45) is 1.69. The van der Waals surface area contributed by atoms with Crippen LogP contribution in [-0.4, -0.2) is 33.3 Å². The van der Waals surface area contributed by atoms with Crippen molar-refractivity contribution >= 4 is 11.8 Å². The van der Waals surface area contributed by atoms with Crippen LogP contribution in [0.4, 0.5) is 0 Å². The molecule has 15 heavy (non-hydrogen) atoms. The maximum Gasteiger partial charge on any atom is 0.0988 e. The van der Waals surface area contributed by atoms with E-state index in [-0.39, 0.29) is 6.10 Å². The number of aliphatic hydroxyl groups excluding tert-OH is 1. The van der Waals surface area contributed by atoms with E-state index in [9.17, 15) is 5.11 Å². The number of hydrogen-bond acceptors (Lipinski definition) is 4. The van der Waals surface area contributed by atoms with Crippen LogP contribution >= 0.6 is 11.8 Å². The molecule has 0 aliphatic carbocycles. The highest BCUT2D eigenvalue weighted by atomic mass is 32.2. The zero-order valence-corrected chi connectivity index (χ0v) is 9.39. The van der Waals surface area contributed by atoms with Crippen molar-refractivity contribution in [3.05, 3.63) is 11.3 Å². The zero-order valence-electron chi connectivity index (χ0n) is 8.57. The van der Waals surface area contributed by atoms with Crippen molar-refractivity contribution in [2.75, 3.05) is 12.3 Å². The molecule has 3 rings (SSSR count). The molecule has 82 valence electrons. The molecule has 1 aromatic heterocycles. The molecule has 5 heteroatoms. The van der Waals surface area contributed by atoms with Gasteiger partial charge in [-0.25, -0.2) is 0 Å². The van der Waals surface area contributed by atoms with E-state index in [1.54, 1.807) is 11.8 Å². The third-order valence-corrected chi connectivity index (χ3v) is 4.29. The van der Waals surface area contributed by atoms with E-state index in [0.29, 0.717) is 0 Å². The molecule has 0 aromatic carbocycles. The van der Waals surface area contributed by atoms with E-state index in [1.807, 2.05) is 0 Å². The Kier molecular flexibility index (Phi) is 2.46. The highest BCUT2D eigenvalue weighted by Gasteiger charge is 2.23. The summed E-state index contributed by atoms with van der Waals surface area (Å²) < 4.78 is 2.08. The Morgan fingerprint density at radius 1 is 1.53 bits per heavy atom. The molecule has 1 aromatic rings. The molecule has 3 heterocycles. The summed E-state index contributed by atoms with van der Waals surface area (Å²) in [5, 5.41) is 18.9. The van der Waals surface area contributed by atoms with Gasteiger partial charge in [-0.3, -0.25) is 4.68 Å². The molecule has 0 saturated heterocycles. The molecule has 1 unspecified atom stereocenters. The van der Waals surface area contributed by atoms with Crippen molar-refractivity contribution in [1.29, 1.82) is 0 Å². The van der Waals surface area contributed by atoms with Gasteiger partial charge in [0.2, 0.25) is 0 Å². The van der Waals surface area contributed by atoms with E-state index in [4.69, 9.17) is 0 Å². The van der Waals surface area contributed by atoms with E-state index >= 15 is 0 Å². The summed E-state index contributed by atoms with van der Waals surface area (Å²) >= 11 is 1.75. The summed E-state index contributed by atoms with van der Waals surface area (Å²) in [5.74, 6) is 0.804. The number of aliphatic hydroxyl groups is 1. The highest BCUT2D eigenvalue weighted by Crippen LogP contribution is 2.30. The minimum Gasteiger partial charge on any atom is -0.392 e. The summed E-state index contributed by atoms with van der Waals surface area (Å²) in [4.78, 5) is 0. The maximum atomic E-state index is 9.61. The van der Waals surface area contributed by atoms with Crippen LogP contribution in [0.2, 0.25) is 0 Å². The second-order valence-corrected chi connectivity index (χ2v) is 5.14. The number of nitrogens with one attached hydrogen (secondary N) is 1. The van der Waals surface area contributed by atoms with Gasteiger partial charge in [0.25, 0.3) is 0 Å². The summed E-state index contributed by atoms with van der Waals surface area (Å²) in [6.45, 7) is 2.83. The van der Waals surface area contributed by atoms with Gasteiger partial charge in [-0.2, -0.15) is 5.10 Å². The van der Waals surface area contributed by atoms with Crippen molar-refractivity contribution in [2.24, 2.45) is 0 Å². The van der Waals surface area contributed by atoms with Crippen LogP contribution in [0.15, 0.2) is 5.03 Å². The minimum atomic E-state index is -0.177. The lowest BCUT2D eigenvalue weighted by Gasteiger charge is -2.12. The van der Waals surface area contributed by atoms with Crippen LogP contribution in [0, 0.1) is 0 Å². The van der Waals surface area contributed by atoms with E-state index in [1.165, 1.54) is 16.3 Å². The van der Waals surface area contributed by atoms with Crippen molar-refractivity contribution in [2.45, 2.75) is 37.1 Å². The molecule has 2 N–H and O–H groups in total. The van der Waals surface area contributed by atoms with Gasteiger partial charge in [0.15, 0.2) is 0 Å². The van der Waals surface area contributed by atoms with E-state index in [0.717, 1.165) is 38.2 Å². The van der Waals surface area contributed by atoms with Gasteiger partial charge in [0.05, 0.1) is 16.8 Å². The summed E-state index contributed by atoms with van der Waals surface area (Å²) in [7, 11) is 0. The molecule has 0 amide bonds. The first-order valence-electron chi connectivity index (χ1n) is 5.45. The van der Waals surface area contributed by atoms with Crippen LogP contribution < -0.4 is 5.32 Å². The second kappa shape index (κ2) is 3.81. The van der Waals surface area contributed by atoms with Gasteiger partial charge in [-0.05, 0) is 6.42 Å². The largest absolute Gasteiger partial charge is 0.392 e. The van der Waals surface area contributed by atoms with Crippen LogP contribution in [0.25, 0.3) is 0 Å². The molecule has 0 radical (unpaired) electrons. The van der Waals surface area contributed by atoms with Gasteiger partial charge in [0, 0.05) is 37.4 Å². The molecule has 0 saturated carbocycles. The predicted molar refractivity (Wildman–Crippen MR) is 59.0 cm³/mol. The Balaban J connectivity index is 1.98. The highest BCUT2D eigenvalue weighted by molar-refractivity contribution is 7.99. The van der Waals surface area contributed by atoms with Crippen molar-refractivity contribution < 1.29 is 5.11 Å². The molecule has 4 nitrogen and oxygen atoms in total. The van der Waals surface area contributed by atoms with Gasteiger partial charge < -0.3 is 10.4 Å². The quantitative estimate of drug-likeness (QED) is 0.670. The topological polar surface area (TPSA) is 50.1 Å². The maximum absolute atomic E-state index is 9.61. The normalized spacial score (nSPS) is 25.5. The first-order valence-corrected chi connectivity index (χ1v) is 6.43. The predicted octanol–water partition coefficient (Wildman–Crippen LogP) is 0.385. The molecular formula is C10H15N3OS. The molecular weight excluding hydrogens is 210 g/mol. The smallest absolute Gasteiger partial charge is 0.0988 e. The van der Waals surface area contributed by atoms with Crippen LogP contribution in [0.5, 0.6) is 0 Å². The molecule has 0 fully saturated rings. The fourth-order valence-electron chi connectivity index (χ4n) is 2.17. The van der Waals surface area contributed by atoms with Crippen LogP contribution in [0.3, 0.4) is 0 Å². The van der Waals surface area contributed by atoms with Crippen molar-refractivity contribution in [3.8, 4) is 0 Å². The number of nitrogens with zero attached hydrogens (tertiary/aromatic N) is 2. The van der Waals surface area contributed by atoms with Gasteiger partial charge >= 0.3 is 0 Å². The Morgan fingerprint density at radius 3 is 3.40 bits per heavy atom. The number of rotatable bonds is 0. The number of fused-ring (bicyclic) bond motifs is 3. The summed E-state index contributed by atoms with van der Waals surface area (Å²) in [6, 6.07) is 0. The Bertz CT molecular complexity index is 377. The molecule has 1 atom stereocenters. The second-order valence-electron chi connectivity index (χ2n) is 4.13. The first-order chi connectivity index (χ1) is 7.34. The standard InChI is InChI=1S/C10H15N3OS/c14-7-2-4-13-10(15-6-7)8-5-11-3-1-9(8)12-13/h7,11,14H,1-6H2. The van der Waals surface area contributed by atoms with Crippen LogP contribution in [0.1, 0.15) is 17.7 Å². The Labute approximate surface area is 93.0 Å². The Morgan fingerprint density at radius 2 is 2.47 bits per heavy atom. The average Bonchev–Trinajstić information content (AvgIpc) is 2.51. The van der Waals surface area contributed by atoms with Crippen molar-refractivity contribution in [1.82, 2.24) is 15.1 Å². The third kappa shape index (κ3) is 1.68. The van der Waals surface area contributed by atoms with Gasteiger partial charge in [-0.15, -0.1) is 11.8 Å². The monoisotopic (exact) mass is 225 g/mol. The molecule has 2 aliphatic rings. The fourth-order valence-corrected chi connectivity index (χ4v) is 3.33. The molecule has 2 aliphatic heterocycles. The fraction of sp³-hybridized carbons (Fsp3) is 0.700. The van der Waals surface area contributed by atoms with E-state index < -0.39 is 0 Å². The summed E-state index contributed by atoms with van der Waals surface area (Å²) in [5.41, 5.74) is 2.62. The first kappa shape index (κ1) is 9.69. The van der Waals surface area contributed by atoms with Gasteiger partial charge in [0.1, 0.15) is 0 Å². The number of thioether (sulfide) groups is 1. The zero-order chi connectivity index (χ0) is 10.3.